The summed E-state index contributed by atoms with van der Waals surface area (Å²) in [7, 11) is 0. The van der Waals surface area contributed by atoms with E-state index in [2.05, 4.69) is 27.6 Å². The molecule has 1 aromatic carbocycles. The zero-order chi connectivity index (χ0) is 8.72. The van der Waals surface area contributed by atoms with Crippen LogP contribution in [-0.4, -0.2) is 4.98 Å². The van der Waals surface area contributed by atoms with Gasteiger partial charge >= 0.3 is 0 Å². The summed E-state index contributed by atoms with van der Waals surface area (Å²) in [5, 5.41) is 1.09. The van der Waals surface area contributed by atoms with E-state index in [4.69, 9.17) is 0 Å². The molecule has 1 nitrogen and oxygen atoms in total. The van der Waals surface area contributed by atoms with Crippen LogP contribution in [0.1, 0.15) is 5.69 Å². The van der Waals surface area contributed by atoms with E-state index in [9.17, 15) is 4.39 Å². The lowest BCUT2D eigenvalue weighted by atomic mass is 10.2. The first-order chi connectivity index (χ1) is 5.68. The van der Waals surface area contributed by atoms with Crippen molar-refractivity contribution in [2.75, 3.05) is 0 Å². The number of aromatic amines is 1. The number of aromatic nitrogens is 1. The molecule has 12 heavy (non-hydrogen) atoms. The normalized spacial score (nSPS) is 10.9. The lowest BCUT2D eigenvalue weighted by molar-refractivity contribution is 0.629. The molecule has 2 aromatic rings. The standard InChI is InChI=1S/C9H7FIN/c1-5-9(11)7-3-2-6(10)4-8(7)12-5/h2-4,12H,1H3. The van der Waals surface area contributed by atoms with Crippen LogP contribution in [0.2, 0.25) is 0 Å². The predicted molar refractivity (Wildman–Crippen MR) is 55.7 cm³/mol. The van der Waals surface area contributed by atoms with Gasteiger partial charge in [-0.05, 0) is 47.7 Å². The average Bonchev–Trinajstić information content (AvgIpc) is 2.28. The topological polar surface area (TPSA) is 15.8 Å². The van der Waals surface area contributed by atoms with E-state index in [0.717, 1.165) is 16.6 Å². The van der Waals surface area contributed by atoms with Crippen molar-refractivity contribution in [1.82, 2.24) is 4.98 Å². The number of H-pyrrole nitrogens is 1. The minimum Gasteiger partial charge on any atom is -0.358 e. The third-order valence-corrected chi connectivity index (χ3v) is 3.26. The van der Waals surface area contributed by atoms with E-state index in [1.165, 1.54) is 15.7 Å². The molecule has 1 aromatic heterocycles. The highest BCUT2D eigenvalue weighted by Crippen LogP contribution is 2.23. The number of nitrogens with one attached hydrogen (secondary N) is 1. The summed E-state index contributed by atoms with van der Waals surface area (Å²) in [6.45, 7) is 1.99. The van der Waals surface area contributed by atoms with Crippen molar-refractivity contribution < 1.29 is 4.39 Å². The fraction of sp³-hybridized carbons (Fsp3) is 0.111. The second-order valence-corrected chi connectivity index (χ2v) is 3.83. The molecule has 1 N–H and O–H groups in total. The summed E-state index contributed by atoms with van der Waals surface area (Å²) >= 11 is 2.26. The summed E-state index contributed by atoms with van der Waals surface area (Å²) in [4.78, 5) is 3.12. The van der Waals surface area contributed by atoms with Gasteiger partial charge in [0.2, 0.25) is 0 Å². The Kier molecular flexibility index (Phi) is 1.83. The van der Waals surface area contributed by atoms with Crippen molar-refractivity contribution in [3.8, 4) is 0 Å². The predicted octanol–water partition coefficient (Wildman–Crippen LogP) is 3.22. The van der Waals surface area contributed by atoms with Gasteiger partial charge in [-0.25, -0.2) is 4.39 Å². The summed E-state index contributed by atoms with van der Waals surface area (Å²) in [6, 6.07) is 4.80. The van der Waals surface area contributed by atoms with Gasteiger partial charge in [-0.2, -0.15) is 0 Å². The zero-order valence-corrected chi connectivity index (χ0v) is 8.65. The maximum absolute atomic E-state index is 12.8. The van der Waals surface area contributed by atoms with Crippen molar-refractivity contribution in [3.05, 3.63) is 33.3 Å². The Hall–Kier alpha value is -0.580. The molecule has 0 aliphatic carbocycles. The quantitative estimate of drug-likeness (QED) is 0.710. The highest BCUT2D eigenvalue weighted by molar-refractivity contribution is 14.1. The van der Waals surface area contributed by atoms with Gasteiger partial charge in [0.15, 0.2) is 0 Å². The van der Waals surface area contributed by atoms with Crippen LogP contribution in [0.4, 0.5) is 4.39 Å². The fourth-order valence-corrected chi connectivity index (χ4v) is 1.88. The number of halogens is 2. The average molecular weight is 275 g/mol. The van der Waals surface area contributed by atoms with Crippen molar-refractivity contribution in [1.29, 1.82) is 0 Å². The second-order valence-electron chi connectivity index (χ2n) is 2.75. The number of hydrogen-bond acceptors (Lipinski definition) is 0. The van der Waals surface area contributed by atoms with Crippen molar-refractivity contribution in [2.24, 2.45) is 0 Å². The van der Waals surface area contributed by atoms with Crippen molar-refractivity contribution in [2.45, 2.75) is 6.92 Å². The maximum Gasteiger partial charge on any atom is 0.125 e. The first-order valence-corrected chi connectivity index (χ1v) is 4.69. The summed E-state index contributed by atoms with van der Waals surface area (Å²) in [5.74, 6) is -0.194. The molecular weight excluding hydrogens is 268 g/mol. The molecule has 3 heteroatoms. The number of hydrogen-bond donors (Lipinski definition) is 1. The van der Waals surface area contributed by atoms with Gasteiger partial charge in [0.1, 0.15) is 5.82 Å². The number of rotatable bonds is 0. The van der Waals surface area contributed by atoms with Gasteiger partial charge < -0.3 is 4.98 Å². The van der Waals surface area contributed by atoms with Gasteiger partial charge in [0.05, 0.1) is 0 Å². The number of aryl methyl sites for hydroxylation is 1. The molecule has 0 atom stereocenters. The van der Waals surface area contributed by atoms with Gasteiger partial charge in [-0.1, -0.05) is 0 Å². The lowest BCUT2D eigenvalue weighted by Gasteiger charge is -1.89. The van der Waals surface area contributed by atoms with Crippen molar-refractivity contribution in [3.63, 3.8) is 0 Å². The molecule has 0 unspecified atom stereocenters. The SMILES string of the molecule is Cc1[nH]c2cc(F)ccc2c1I. The van der Waals surface area contributed by atoms with Crippen LogP contribution in [0.25, 0.3) is 10.9 Å². The van der Waals surface area contributed by atoms with Gasteiger partial charge in [-0.3, -0.25) is 0 Å². The molecule has 0 fully saturated rings. The van der Waals surface area contributed by atoms with Gasteiger partial charge in [0.25, 0.3) is 0 Å². The Labute approximate surface area is 83.1 Å². The van der Waals surface area contributed by atoms with E-state index in [0.29, 0.717) is 0 Å². The molecule has 0 spiro atoms. The van der Waals surface area contributed by atoms with E-state index in [1.54, 1.807) is 6.07 Å². The minimum atomic E-state index is -0.194. The Morgan fingerprint density at radius 1 is 1.42 bits per heavy atom. The Morgan fingerprint density at radius 3 is 2.92 bits per heavy atom. The van der Waals surface area contributed by atoms with Crippen LogP contribution in [-0.2, 0) is 0 Å². The van der Waals surface area contributed by atoms with Crippen LogP contribution < -0.4 is 0 Å². The largest absolute Gasteiger partial charge is 0.358 e. The summed E-state index contributed by atoms with van der Waals surface area (Å²) in [6.07, 6.45) is 0. The highest BCUT2D eigenvalue weighted by atomic mass is 127. The number of benzene rings is 1. The van der Waals surface area contributed by atoms with Gasteiger partial charge in [0, 0.05) is 20.2 Å². The molecule has 0 bridgehead atoms. The molecule has 0 aliphatic heterocycles. The van der Waals surface area contributed by atoms with E-state index in [-0.39, 0.29) is 5.82 Å². The lowest BCUT2D eigenvalue weighted by Crippen LogP contribution is -1.72. The maximum atomic E-state index is 12.8. The van der Waals surface area contributed by atoms with Crippen LogP contribution >= 0.6 is 22.6 Å². The molecule has 0 aliphatic rings. The Bertz CT molecular complexity index is 433. The fourth-order valence-electron chi connectivity index (χ4n) is 1.27. The Balaban J connectivity index is 2.87. The minimum absolute atomic E-state index is 0.194. The van der Waals surface area contributed by atoms with Crippen LogP contribution in [0.15, 0.2) is 18.2 Å². The molecule has 0 radical (unpaired) electrons. The van der Waals surface area contributed by atoms with Crippen LogP contribution in [0, 0.1) is 16.3 Å². The first-order valence-electron chi connectivity index (χ1n) is 3.62. The molecular formula is C9H7FIN. The van der Waals surface area contributed by atoms with Gasteiger partial charge in [-0.15, -0.1) is 0 Å². The molecule has 62 valence electrons. The van der Waals surface area contributed by atoms with E-state index < -0.39 is 0 Å². The molecule has 0 saturated carbocycles. The summed E-state index contributed by atoms with van der Waals surface area (Å²) in [5.41, 5.74) is 1.97. The first kappa shape index (κ1) is 8.04. The monoisotopic (exact) mass is 275 g/mol. The second kappa shape index (κ2) is 2.73. The third kappa shape index (κ3) is 1.12. The van der Waals surface area contributed by atoms with Crippen LogP contribution in [0.3, 0.4) is 0 Å². The molecule has 1 heterocycles. The molecule has 2 rings (SSSR count). The third-order valence-electron chi connectivity index (χ3n) is 1.87. The van der Waals surface area contributed by atoms with E-state index >= 15 is 0 Å². The van der Waals surface area contributed by atoms with E-state index in [1.807, 2.05) is 6.92 Å². The summed E-state index contributed by atoms with van der Waals surface area (Å²) < 4.78 is 13.9. The zero-order valence-electron chi connectivity index (χ0n) is 6.49. The highest BCUT2D eigenvalue weighted by Gasteiger charge is 2.04. The van der Waals surface area contributed by atoms with Crippen LogP contribution in [0.5, 0.6) is 0 Å². The van der Waals surface area contributed by atoms with Crippen molar-refractivity contribution >= 4 is 33.5 Å². The number of fused-ring (bicyclic) bond motifs is 1. The molecule has 0 saturated heterocycles. The molecule has 0 amide bonds. The Morgan fingerprint density at radius 2 is 2.17 bits per heavy atom. The smallest absolute Gasteiger partial charge is 0.125 e.